The molecule has 0 saturated carbocycles. The number of amides is 1. The minimum atomic E-state index is -0.134. The Bertz CT molecular complexity index is 619. The van der Waals surface area contributed by atoms with E-state index in [1.807, 2.05) is 30.3 Å². The lowest BCUT2D eigenvalue weighted by Gasteiger charge is -2.12. The third kappa shape index (κ3) is 4.84. The van der Waals surface area contributed by atoms with Crippen LogP contribution in [0.25, 0.3) is 0 Å². The Hall–Kier alpha value is -1.36. The number of carbonyl (C=O) groups is 1. The molecule has 21 heavy (non-hydrogen) atoms. The van der Waals surface area contributed by atoms with E-state index in [1.165, 1.54) is 0 Å². The molecule has 0 aliphatic rings. The van der Waals surface area contributed by atoms with E-state index in [0.29, 0.717) is 23.6 Å². The molecule has 3 N–H and O–H groups in total. The zero-order valence-electron chi connectivity index (χ0n) is 11.4. The molecular formula is C16H16BrClN2O. The van der Waals surface area contributed by atoms with Crippen LogP contribution in [-0.2, 0) is 4.79 Å². The molecule has 2 aromatic carbocycles. The number of benzene rings is 2. The molecule has 1 amide bonds. The van der Waals surface area contributed by atoms with Gasteiger partial charge in [0.25, 0.3) is 0 Å². The number of hydrogen-bond acceptors (Lipinski definition) is 2. The minimum absolute atomic E-state index is 0.0654. The third-order valence-corrected chi connectivity index (χ3v) is 4.01. The molecule has 3 nitrogen and oxygen atoms in total. The first-order valence-electron chi connectivity index (χ1n) is 6.61. The molecule has 0 bridgehead atoms. The van der Waals surface area contributed by atoms with Gasteiger partial charge in [0, 0.05) is 22.0 Å². The largest absolute Gasteiger partial charge is 0.325 e. The first-order chi connectivity index (χ1) is 10.1. The predicted octanol–water partition coefficient (Wildman–Crippen LogP) is 4.52. The van der Waals surface area contributed by atoms with Crippen molar-refractivity contribution in [3.05, 3.63) is 63.6 Å². The molecule has 2 aromatic rings. The van der Waals surface area contributed by atoms with Crippen LogP contribution in [-0.4, -0.2) is 5.91 Å². The molecule has 0 saturated heterocycles. The Morgan fingerprint density at radius 3 is 2.62 bits per heavy atom. The molecule has 5 heteroatoms. The molecule has 0 aliphatic carbocycles. The molecule has 0 radical (unpaired) electrons. The van der Waals surface area contributed by atoms with Crippen molar-refractivity contribution < 1.29 is 4.79 Å². The van der Waals surface area contributed by atoms with Crippen LogP contribution in [0.15, 0.2) is 53.0 Å². The average molecular weight is 368 g/mol. The summed E-state index contributed by atoms with van der Waals surface area (Å²) in [6, 6.07) is 14.9. The third-order valence-electron chi connectivity index (χ3n) is 3.12. The number of nitrogens with two attached hydrogens (primary N) is 1. The lowest BCUT2D eigenvalue weighted by Crippen LogP contribution is -2.16. The summed E-state index contributed by atoms with van der Waals surface area (Å²) in [5, 5.41) is 3.46. The first kappa shape index (κ1) is 16.0. The van der Waals surface area contributed by atoms with Gasteiger partial charge in [-0.1, -0.05) is 41.9 Å². The van der Waals surface area contributed by atoms with Gasteiger partial charge in [-0.3, -0.25) is 4.79 Å². The van der Waals surface area contributed by atoms with E-state index in [4.69, 9.17) is 17.3 Å². The Labute approximate surface area is 137 Å². The maximum absolute atomic E-state index is 12.0. The summed E-state index contributed by atoms with van der Waals surface area (Å²) in [5.74, 6) is -0.0654. The van der Waals surface area contributed by atoms with Crippen LogP contribution in [0.3, 0.4) is 0 Å². The summed E-state index contributed by atoms with van der Waals surface area (Å²) in [5.41, 5.74) is 7.83. The number of carbonyl (C=O) groups excluding carboxylic acids is 1. The molecule has 0 spiro atoms. The summed E-state index contributed by atoms with van der Waals surface area (Å²) in [7, 11) is 0. The van der Waals surface area contributed by atoms with E-state index >= 15 is 0 Å². The Morgan fingerprint density at radius 1 is 1.24 bits per heavy atom. The van der Waals surface area contributed by atoms with E-state index in [-0.39, 0.29) is 11.9 Å². The zero-order valence-corrected chi connectivity index (χ0v) is 13.7. The van der Waals surface area contributed by atoms with Gasteiger partial charge in [-0.05, 0) is 46.1 Å². The summed E-state index contributed by atoms with van der Waals surface area (Å²) >= 11 is 9.23. The highest BCUT2D eigenvalue weighted by molar-refractivity contribution is 9.10. The summed E-state index contributed by atoms with van der Waals surface area (Å²) < 4.78 is 0.760. The molecule has 0 heterocycles. The first-order valence-corrected chi connectivity index (χ1v) is 7.79. The van der Waals surface area contributed by atoms with Crippen molar-refractivity contribution in [3.8, 4) is 0 Å². The Balaban J connectivity index is 1.87. The summed E-state index contributed by atoms with van der Waals surface area (Å²) in [6.45, 7) is 0. The molecule has 110 valence electrons. The van der Waals surface area contributed by atoms with E-state index in [0.717, 1.165) is 10.0 Å². The maximum Gasteiger partial charge on any atom is 0.224 e. The molecular weight excluding hydrogens is 352 g/mol. The number of anilines is 1. The van der Waals surface area contributed by atoms with Gasteiger partial charge >= 0.3 is 0 Å². The fraction of sp³-hybridized carbons (Fsp3) is 0.188. The van der Waals surface area contributed by atoms with E-state index in [1.54, 1.807) is 18.2 Å². The molecule has 1 unspecified atom stereocenters. The normalized spacial score (nSPS) is 12.0. The van der Waals surface area contributed by atoms with Gasteiger partial charge < -0.3 is 11.1 Å². The van der Waals surface area contributed by atoms with Crippen molar-refractivity contribution in [2.24, 2.45) is 5.73 Å². The lowest BCUT2D eigenvalue weighted by molar-refractivity contribution is -0.116. The highest BCUT2D eigenvalue weighted by Gasteiger charge is 2.10. The quantitative estimate of drug-likeness (QED) is 0.816. The van der Waals surface area contributed by atoms with Crippen LogP contribution >= 0.6 is 27.5 Å². The zero-order chi connectivity index (χ0) is 15.2. The van der Waals surface area contributed by atoms with Crippen molar-refractivity contribution in [2.45, 2.75) is 18.9 Å². The smallest absolute Gasteiger partial charge is 0.224 e. The van der Waals surface area contributed by atoms with Crippen molar-refractivity contribution in [2.75, 3.05) is 5.32 Å². The molecule has 0 aromatic heterocycles. The highest BCUT2D eigenvalue weighted by Crippen LogP contribution is 2.26. The molecule has 1 atom stereocenters. The van der Waals surface area contributed by atoms with Gasteiger partial charge in [0.1, 0.15) is 0 Å². The lowest BCUT2D eigenvalue weighted by atomic mass is 10.0. The monoisotopic (exact) mass is 366 g/mol. The van der Waals surface area contributed by atoms with E-state index in [2.05, 4.69) is 21.2 Å². The van der Waals surface area contributed by atoms with Gasteiger partial charge in [-0.25, -0.2) is 0 Å². The number of hydrogen-bond donors (Lipinski definition) is 2. The number of rotatable bonds is 5. The van der Waals surface area contributed by atoms with Crippen molar-refractivity contribution >= 4 is 39.1 Å². The van der Waals surface area contributed by atoms with Crippen LogP contribution in [0.5, 0.6) is 0 Å². The number of halogens is 2. The Morgan fingerprint density at radius 2 is 1.95 bits per heavy atom. The maximum atomic E-state index is 12.0. The second-order valence-corrected chi connectivity index (χ2v) is 6.02. The van der Waals surface area contributed by atoms with Crippen molar-refractivity contribution in [1.82, 2.24) is 0 Å². The van der Waals surface area contributed by atoms with Gasteiger partial charge in [-0.2, -0.15) is 0 Å². The summed E-state index contributed by atoms with van der Waals surface area (Å²) in [4.78, 5) is 12.0. The van der Waals surface area contributed by atoms with E-state index < -0.39 is 0 Å². The van der Waals surface area contributed by atoms with Crippen LogP contribution in [0.4, 0.5) is 5.69 Å². The van der Waals surface area contributed by atoms with Crippen molar-refractivity contribution in [3.63, 3.8) is 0 Å². The van der Waals surface area contributed by atoms with Gasteiger partial charge in [0.15, 0.2) is 0 Å². The predicted molar refractivity (Wildman–Crippen MR) is 90.4 cm³/mol. The van der Waals surface area contributed by atoms with Gasteiger partial charge in [-0.15, -0.1) is 0 Å². The average Bonchev–Trinajstić information content (AvgIpc) is 2.48. The fourth-order valence-corrected chi connectivity index (χ4v) is 2.74. The SMILES string of the molecule is NC(CCC(=O)Nc1ccc(Cl)cc1Br)c1ccccc1. The van der Waals surface area contributed by atoms with Gasteiger partial charge in [0.05, 0.1) is 5.69 Å². The topological polar surface area (TPSA) is 55.1 Å². The van der Waals surface area contributed by atoms with Crippen LogP contribution in [0, 0.1) is 0 Å². The number of nitrogens with one attached hydrogen (secondary N) is 1. The van der Waals surface area contributed by atoms with Crippen LogP contribution in [0.2, 0.25) is 5.02 Å². The summed E-state index contributed by atoms with van der Waals surface area (Å²) in [6.07, 6.45) is 0.964. The van der Waals surface area contributed by atoms with Gasteiger partial charge in [0.2, 0.25) is 5.91 Å². The van der Waals surface area contributed by atoms with E-state index in [9.17, 15) is 4.79 Å². The van der Waals surface area contributed by atoms with Crippen LogP contribution in [0.1, 0.15) is 24.4 Å². The van der Waals surface area contributed by atoms with Crippen molar-refractivity contribution in [1.29, 1.82) is 0 Å². The highest BCUT2D eigenvalue weighted by atomic mass is 79.9. The molecule has 2 rings (SSSR count). The fourth-order valence-electron chi connectivity index (χ4n) is 1.96. The molecule has 0 aliphatic heterocycles. The van der Waals surface area contributed by atoms with Crippen LogP contribution < -0.4 is 11.1 Å². The standard InChI is InChI=1S/C16H16BrClN2O/c17-13-10-12(18)6-8-15(13)20-16(21)9-7-14(19)11-4-2-1-3-5-11/h1-6,8,10,14H,7,9,19H2,(H,20,21). The Kier molecular flexibility index (Phi) is 5.79. The second-order valence-electron chi connectivity index (χ2n) is 4.73. The second kappa shape index (κ2) is 7.59. The minimum Gasteiger partial charge on any atom is -0.325 e. The molecule has 0 fully saturated rings.